The van der Waals surface area contributed by atoms with Crippen LogP contribution in [0.25, 0.3) is 0 Å². The van der Waals surface area contributed by atoms with Crippen LogP contribution in [0.2, 0.25) is 0 Å². The molecule has 8 heteroatoms. The number of likely N-dealkylation sites (N-methyl/N-ethyl adjacent to an activating group) is 1. The molecule has 0 aliphatic heterocycles. The monoisotopic (exact) mass is 538 g/mol. The Hall–Kier alpha value is -2.10. The van der Waals surface area contributed by atoms with Crippen LogP contribution >= 0.6 is 24.0 Å². The average molecular weight is 538 g/mol. The molecule has 0 saturated carbocycles. The third kappa shape index (κ3) is 7.52. The fraction of sp³-hybridized carbons (Fsp3) is 0.522. The zero-order valence-electron chi connectivity index (χ0n) is 19.0. The highest BCUT2D eigenvalue weighted by atomic mass is 127. The zero-order valence-corrected chi connectivity index (χ0v) is 21.3. The second kappa shape index (κ2) is 12.1. The van der Waals surface area contributed by atoms with Gasteiger partial charge in [0.2, 0.25) is 5.91 Å². The molecule has 2 aromatic rings. The molecule has 1 unspecified atom stereocenters. The van der Waals surface area contributed by atoms with Crippen molar-refractivity contribution in [2.75, 3.05) is 27.2 Å². The van der Waals surface area contributed by atoms with Crippen molar-refractivity contribution in [2.24, 2.45) is 4.99 Å². The topological polar surface area (TPSA) is 74.6 Å². The molecule has 0 spiro atoms. The van der Waals surface area contributed by atoms with E-state index in [-0.39, 0.29) is 36.4 Å². The Morgan fingerprint density at radius 2 is 2.00 bits per heavy atom. The summed E-state index contributed by atoms with van der Waals surface area (Å²) in [7, 11) is 3.51. The highest BCUT2D eigenvalue weighted by Crippen LogP contribution is 2.20. The Morgan fingerprint density at radius 1 is 1.26 bits per heavy atom. The fourth-order valence-corrected chi connectivity index (χ4v) is 3.79. The molecule has 1 aromatic carbocycles. The summed E-state index contributed by atoms with van der Waals surface area (Å²) >= 11 is 0. The summed E-state index contributed by atoms with van der Waals surface area (Å²) < 4.78 is 2.04. The first-order valence-corrected chi connectivity index (χ1v) is 10.7. The van der Waals surface area contributed by atoms with Gasteiger partial charge in [-0.25, -0.2) is 4.99 Å². The van der Waals surface area contributed by atoms with E-state index in [9.17, 15) is 4.79 Å². The number of rotatable bonds is 7. The first-order valence-electron chi connectivity index (χ1n) is 10.7. The smallest absolute Gasteiger partial charge is 0.243 e. The summed E-state index contributed by atoms with van der Waals surface area (Å²) in [5, 5.41) is 11.5. The largest absolute Gasteiger partial charge is 0.356 e. The van der Waals surface area contributed by atoms with Gasteiger partial charge in [-0.3, -0.25) is 9.48 Å². The summed E-state index contributed by atoms with van der Waals surface area (Å²) in [6.07, 6.45) is 4.03. The lowest BCUT2D eigenvalue weighted by molar-refractivity contribution is -0.127. The van der Waals surface area contributed by atoms with Crippen LogP contribution in [-0.2, 0) is 24.2 Å². The van der Waals surface area contributed by atoms with Crippen LogP contribution in [0.1, 0.15) is 35.4 Å². The van der Waals surface area contributed by atoms with E-state index in [4.69, 9.17) is 0 Å². The van der Waals surface area contributed by atoms with Crippen molar-refractivity contribution >= 4 is 35.8 Å². The van der Waals surface area contributed by atoms with Gasteiger partial charge >= 0.3 is 0 Å². The highest BCUT2D eigenvalue weighted by molar-refractivity contribution is 14.0. The molecule has 1 aliphatic carbocycles. The van der Waals surface area contributed by atoms with Gasteiger partial charge < -0.3 is 15.5 Å². The molecule has 2 N–H and O–H groups in total. The first kappa shape index (κ1) is 25.2. The summed E-state index contributed by atoms with van der Waals surface area (Å²) in [4.78, 5) is 18.1. The SMILES string of the molecule is Cc1cc(C)n(CCCNC(=NCC(=O)N(C)C)NC2CCc3ccccc3C2)n1.I. The second-order valence-electron chi connectivity index (χ2n) is 8.24. The van der Waals surface area contributed by atoms with Gasteiger partial charge in [0.15, 0.2) is 5.96 Å². The van der Waals surface area contributed by atoms with E-state index in [2.05, 4.69) is 58.0 Å². The van der Waals surface area contributed by atoms with Crippen LogP contribution in [0.5, 0.6) is 0 Å². The minimum Gasteiger partial charge on any atom is -0.356 e. The Kier molecular flexibility index (Phi) is 9.80. The van der Waals surface area contributed by atoms with Gasteiger partial charge in [0.25, 0.3) is 0 Å². The van der Waals surface area contributed by atoms with E-state index in [1.165, 1.54) is 16.8 Å². The van der Waals surface area contributed by atoms with Gasteiger partial charge in [-0.2, -0.15) is 5.10 Å². The average Bonchev–Trinajstić information content (AvgIpc) is 3.05. The van der Waals surface area contributed by atoms with Crippen LogP contribution in [0, 0.1) is 13.8 Å². The van der Waals surface area contributed by atoms with Gasteiger partial charge in [-0.15, -0.1) is 24.0 Å². The van der Waals surface area contributed by atoms with Crippen molar-refractivity contribution in [1.82, 2.24) is 25.3 Å². The number of fused-ring (bicyclic) bond motifs is 1. The quantitative estimate of drug-likeness (QED) is 0.246. The molecule has 1 heterocycles. The molecule has 0 saturated heterocycles. The number of aliphatic imine (C=N–C) groups is 1. The van der Waals surface area contributed by atoms with Crippen molar-refractivity contribution in [2.45, 2.75) is 52.1 Å². The van der Waals surface area contributed by atoms with Crippen molar-refractivity contribution < 1.29 is 4.79 Å². The van der Waals surface area contributed by atoms with Gasteiger partial charge in [-0.05, 0) is 56.7 Å². The molecule has 3 rings (SSSR count). The van der Waals surface area contributed by atoms with Crippen LogP contribution in [0.15, 0.2) is 35.3 Å². The van der Waals surface area contributed by atoms with Crippen molar-refractivity contribution in [3.05, 3.63) is 52.8 Å². The number of carbonyl (C=O) groups excluding carboxylic acids is 1. The van der Waals surface area contributed by atoms with Crippen LogP contribution in [0.3, 0.4) is 0 Å². The summed E-state index contributed by atoms with van der Waals surface area (Å²) in [6.45, 7) is 5.86. The molecule has 31 heavy (non-hydrogen) atoms. The number of nitrogens with zero attached hydrogens (tertiary/aromatic N) is 4. The maximum absolute atomic E-state index is 12.0. The lowest BCUT2D eigenvalue weighted by Gasteiger charge is -2.27. The molecule has 1 aliphatic rings. The van der Waals surface area contributed by atoms with Gasteiger partial charge in [-0.1, -0.05) is 24.3 Å². The number of hydrogen-bond acceptors (Lipinski definition) is 3. The highest BCUT2D eigenvalue weighted by Gasteiger charge is 2.19. The van der Waals surface area contributed by atoms with Crippen molar-refractivity contribution in [1.29, 1.82) is 0 Å². The zero-order chi connectivity index (χ0) is 21.5. The van der Waals surface area contributed by atoms with E-state index in [1.54, 1.807) is 19.0 Å². The second-order valence-corrected chi connectivity index (χ2v) is 8.24. The van der Waals surface area contributed by atoms with Crippen LogP contribution < -0.4 is 10.6 Å². The Bertz CT molecular complexity index is 892. The molecular formula is C23H35IN6O. The van der Waals surface area contributed by atoms with Crippen molar-refractivity contribution in [3.8, 4) is 0 Å². The minimum absolute atomic E-state index is 0. The van der Waals surface area contributed by atoms with Gasteiger partial charge in [0.1, 0.15) is 6.54 Å². The summed E-state index contributed by atoms with van der Waals surface area (Å²) in [5.74, 6) is 0.704. The van der Waals surface area contributed by atoms with Crippen LogP contribution in [-0.4, -0.2) is 59.8 Å². The summed E-state index contributed by atoms with van der Waals surface area (Å²) in [6, 6.07) is 11.0. The minimum atomic E-state index is -0.00673. The van der Waals surface area contributed by atoms with Gasteiger partial charge in [0.05, 0.1) is 5.69 Å². The van der Waals surface area contributed by atoms with Gasteiger partial charge in [0, 0.05) is 38.9 Å². The molecule has 1 amide bonds. The predicted molar refractivity (Wildman–Crippen MR) is 136 cm³/mol. The normalized spacial score (nSPS) is 15.6. The molecule has 0 fully saturated rings. The van der Waals surface area contributed by atoms with Crippen LogP contribution in [0.4, 0.5) is 0 Å². The number of aryl methyl sites for hydroxylation is 4. The third-order valence-corrected chi connectivity index (χ3v) is 5.50. The Balaban J connectivity index is 0.00000341. The number of halogens is 1. The fourth-order valence-electron chi connectivity index (χ4n) is 3.79. The lowest BCUT2D eigenvalue weighted by atomic mass is 9.88. The number of guanidine groups is 1. The number of hydrogen-bond donors (Lipinski definition) is 2. The Morgan fingerprint density at radius 3 is 2.68 bits per heavy atom. The van der Waals surface area contributed by atoms with E-state index in [0.29, 0.717) is 12.0 Å². The molecule has 1 atom stereocenters. The number of aromatic nitrogens is 2. The van der Waals surface area contributed by atoms with E-state index in [1.807, 2.05) is 11.6 Å². The van der Waals surface area contributed by atoms with E-state index >= 15 is 0 Å². The number of amides is 1. The predicted octanol–water partition coefficient (Wildman–Crippen LogP) is 2.69. The maximum Gasteiger partial charge on any atom is 0.243 e. The number of carbonyl (C=O) groups is 1. The first-order chi connectivity index (χ1) is 14.4. The molecule has 7 nitrogen and oxygen atoms in total. The maximum atomic E-state index is 12.0. The lowest BCUT2D eigenvalue weighted by Crippen LogP contribution is -2.46. The molecule has 1 aromatic heterocycles. The molecule has 0 radical (unpaired) electrons. The number of benzene rings is 1. The van der Waals surface area contributed by atoms with E-state index in [0.717, 1.165) is 44.5 Å². The van der Waals surface area contributed by atoms with Crippen molar-refractivity contribution in [3.63, 3.8) is 0 Å². The summed E-state index contributed by atoms with van der Waals surface area (Å²) in [5.41, 5.74) is 5.06. The number of nitrogens with one attached hydrogen (secondary N) is 2. The molecule has 170 valence electrons. The molecular weight excluding hydrogens is 503 g/mol. The standard InChI is InChI=1S/C23H34N6O.HI/c1-17-14-18(2)29(27-17)13-7-12-24-23(25-16-22(30)28(3)4)26-21-11-10-19-8-5-6-9-20(19)15-21;/h5-6,8-9,14,21H,7,10-13,15-16H2,1-4H3,(H2,24,25,26);1H. The Labute approximate surface area is 202 Å². The third-order valence-electron chi connectivity index (χ3n) is 5.50. The molecule has 0 bridgehead atoms. The van der Waals surface area contributed by atoms with E-state index < -0.39 is 0 Å².